The van der Waals surface area contributed by atoms with Gasteiger partial charge in [0.1, 0.15) is 17.6 Å². The molecule has 0 saturated heterocycles. The Morgan fingerprint density at radius 2 is 2.50 bits per heavy atom. The van der Waals surface area contributed by atoms with Gasteiger partial charge in [-0.1, -0.05) is 5.11 Å². The van der Waals surface area contributed by atoms with Gasteiger partial charge in [0.05, 0.1) is 13.2 Å². The number of rotatable bonds is 4. The van der Waals surface area contributed by atoms with Gasteiger partial charge in [0.2, 0.25) is 0 Å². The highest BCUT2D eigenvalue weighted by atomic mass is 16.5. The van der Waals surface area contributed by atoms with Gasteiger partial charge in [0.25, 0.3) is 0 Å². The summed E-state index contributed by atoms with van der Waals surface area (Å²) in [5.41, 5.74) is 9.36. The first-order valence-corrected chi connectivity index (χ1v) is 5.26. The highest BCUT2D eigenvalue weighted by Gasteiger charge is 2.22. The molecule has 1 aliphatic heterocycles. The predicted octanol–water partition coefficient (Wildman–Crippen LogP) is 2.70. The molecular weight excluding hydrogens is 206 g/mol. The van der Waals surface area contributed by atoms with Gasteiger partial charge in [0.15, 0.2) is 0 Å². The molecule has 0 fully saturated rings. The fourth-order valence-electron chi connectivity index (χ4n) is 1.78. The van der Waals surface area contributed by atoms with Crippen molar-refractivity contribution in [1.29, 1.82) is 0 Å². The van der Waals surface area contributed by atoms with Crippen LogP contribution in [0.25, 0.3) is 10.4 Å². The van der Waals surface area contributed by atoms with Gasteiger partial charge in [-0.2, -0.15) is 0 Å². The van der Waals surface area contributed by atoms with Crippen LogP contribution in [0.4, 0.5) is 0 Å². The Kier molecular flexibility index (Phi) is 3.17. The highest BCUT2D eigenvalue weighted by molar-refractivity contribution is 5.43. The quantitative estimate of drug-likeness (QED) is 0.444. The van der Waals surface area contributed by atoms with Crippen LogP contribution in [-0.2, 0) is 6.42 Å². The van der Waals surface area contributed by atoms with Crippen molar-refractivity contribution in [3.63, 3.8) is 0 Å². The molecule has 5 nitrogen and oxygen atoms in total. The molecule has 0 N–H and O–H groups in total. The maximum absolute atomic E-state index is 8.24. The number of ether oxygens (including phenoxy) is 2. The van der Waals surface area contributed by atoms with E-state index < -0.39 is 0 Å². The van der Waals surface area contributed by atoms with E-state index in [0.29, 0.717) is 13.2 Å². The Bertz CT molecular complexity index is 427. The zero-order valence-corrected chi connectivity index (χ0v) is 9.09. The Morgan fingerprint density at radius 1 is 1.62 bits per heavy atom. The summed E-state index contributed by atoms with van der Waals surface area (Å²) in [6, 6.07) is 5.77. The highest BCUT2D eigenvalue weighted by Crippen LogP contribution is 2.32. The minimum absolute atomic E-state index is 0.0391. The van der Waals surface area contributed by atoms with Gasteiger partial charge >= 0.3 is 0 Å². The number of benzene rings is 1. The van der Waals surface area contributed by atoms with Crippen LogP contribution in [0.15, 0.2) is 23.3 Å². The second kappa shape index (κ2) is 4.77. The molecule has 0 aliphatic carbocycles. The molecule has 1 heterocycles. The minimum Gasteiger partial charge on any atom is -0.494 e. The van der Waals surface area contributed by atoms with Crippen LogP contribution in [0.1, 0.15) is 12.5 Å². The van der Waals surface area contributed by atoms with Crippen LogP contribution in [0.3, 0.4) is 0 Å². The summed E-state index contributed by atoms with van der Waals surface area (Å²) in [6.07, 6.45) is 0.734. The molecule has 2 rings (SSSR count). The maximum Gasteiger partial charge on any atom is 0.123 e. The van der Waals surface area contributed by atoms with E-state index >= 15 is 0 Å². The van der Waals surface area contributed by atoms with Crippen molar-refractivity contribution in [1.82, 2.24) is 0 Å². The zero-order valence-electron chi connectivity index (χ0n) is 9.09. The molecular formula is C11H13N3O2. The van der Waals surface area contributed by atoms with Gasteiger partial charge in [-0.3, -0.25) is 0 Å². The number of azide groups is 1. The van der Waals surface area contributed by atoms with E-state index in [0.717, 1.165) is 23.5 Å². The molecule has 1 atom stereocenters. The Labute approximate surface area is 93.6 Å². The van der Waals surface area contributed by atoms with Crippen LogP contribution in [0.2, 0.25) is 0 Å². The number of nitrogens with zero attached hydrogens (tertiary/aromatic N) is 3. The van der Waals surface area contributed by atoms with E-state index in [2.05, 4.69) is 10.0 Å². The lowest BCUT2D eigenvalue weighted by atomic mass is 10.1. The molecule has 1 aliphatic rings. The lowest BCUT2D eigenvalue weighted by molar-refractivity contribution is 0.241. The molecule has 84 valence electrons. The Morgan fingerprint density at radius 3 is 3.25 bits per heavy atom. The van der Waals surface area contributed by atoms with E-state index in [1.807, 2.05) is 25.1 Å². The van der Waals surface area contributed by atoms with E-state index in [9.17, 15) is 0 Å². The summed E-state index contributed by atoms with van der Waals surface area (Å²) < 4.78 is 11.0. The van der Waals surface area contributed by atoms with Crippen LogP contribution >= 0.6 is 0 Å². The first-order chi connectivity index (χ1) is 7.83. The van der Waals surface area contributed by atoms with Gasteiger partial charge in [-0.25, -0.2) is 0 Å². The van der Waals surface area contributed by atoms with Crippen LogP contribution in [0, 0.1) is 0 Å². The smallest absolute Gasteiger partial charge is 0.123 e. The van der Waals surface area contributed by atoms with Crippen molar-refractivity contribution in [3.05, 3.63) is 34.2 Å². The molecule has 1 aromatic rings. The maximum atomic E-state index is 8.24. The van der Waals surface area contributed by atoms with Crippen molar-refractivity contribution in [2.24, 2.45) is 5.11 Å². The number of hydrogen-bond donors (Lipinski definition) is 0. The summed E-state index contributed by atoms with van der Waals surface area (Å²) in [7, 11) is 0. The van der Waals surface area contributed by atoms with Crippen molar-refractivity contribution in [2.75, 3.05) is 13.2 Å². The lowest BCUT2D eigenvalue weighted by Crippen LogP contribution is -2.16. The fourth-order valence-corrected chi connectivity index (χ4v) is 1.78. The fraction of sp³-hybridized carbons (Fsp3) is 0.455. The van der Waals surface area contributed by atoms with Gasteiger partial charge < -0.3 is 9.47 Å². The van der Waals surface area contributed by atoms with E-state index in [-0.39, 0.29) is 6.10 Å². The Balaban J connectivity index is 2.08. The molecule has 0 unspecified atom stereocenters. The zero-order chi connectivity index (χ0) is 11.4. The number of hydrogen-bond acceptors (Lipinski definition) is 3. The van der Waals surface area contributed by atoms with Crippen LogP contribution in [-0.4, -0.2) is 19.3 Å². The summed E-state index contributed by atoms with van der Waals surface area (Å²) in [4.78, 5) is 2.73. The molecule has 5 heteroatoms. The van der Waals surface area contributed by atoms with Gasteiger partial charge in [-0.15, -0.1) is 0 Å². The second-order valence-corrected chi connectivity index (χ2v) is 3.56. The van der Waals surface area contributed by atoms with E-state index in [1.54, 1.807) is 0 Å². The monoisotopic (exact) mass is 219 g/mol. The largest absolute Gasteiger partial charge is 0.494 e. The molecule has 0 amide bonds. The molecule has 0 radical (unpaired) electrons. The Hall–Kier alpha value is -1.87. The summed E-state index contributed by atoms with van der Waals surface area (Å²) in [5.74, 6) is 1.72. The summed E-state index contributed by atoms with van der Waals surface area (Å²) in [6.45, 7) is 2.98. The SMILES string of the molecule is CCOc1ccc2c(c1)C[C@@H](CN=[N+]=[N-])O2. The first-order valence-electron chi connectivity index (χ1n) is 5.26. The third-order valence-electron chi connectivity index (χ3n) is 2.43. The van der Waals surface area contributed by atoms with Crippen LogP contribution in [0.5, 0.6) is 11.5 Å². The normalized spacial score (nSPS) is 17.2. The molecule has 0 saturated carbocycles. The second-order valence-electron chi connectivity index (χ2n) is 3.56. The average molecular weight is 219 g/mol. The van der Waals surface area contributed by atoms with Crippen molar-refractivity contribution < 1.29 is 9.47 Å². The first kappa shape index (κ1) is 10.6. The van der Waals surface area contributed by atoms with E-state index in [4.69, 9.17) is 15.0 Å². The molecule has 0 bridgehead atoms. The van der Waals surface area contributed by atoms with Crippen molar-refractivity contribution in [3.8, 4) is 11.5 Å². The standard InChI is InChI=1S/C11H13N3O2/c1-2-15-9-3-4-11-8(5-9)6-10(16-11)7-13-14-12/h3-5,10H,2,6-7H2,1H3/t10-/m0/s1. The third kappa shape index (κ3) is 2.20. The lowest BCUT2D eigenvalue weighted by Gasteiger charge is -2.06. The molecule has 16 heavy (non-hydrogen) atoms. The van der Waals surface area contributed by atoms with Crippen LogP contribution < -0.4 is 9.47 Å². The molecule has 0 aromatic heterocycles. The van der Waals surface area contributed by atoms with Crippen molar-refractivity contribution in [2.45, 2.75) is 19.4 Å². The average Bonchev–Trinajstić information content (AvgIpc) is 2.68. The molecule has 0 spiro atoms. The number of fused-ring (bicyclic) bond motifs is 1. The van der Waals surface area contributed by atoms with Crippen molar-refractivity contribution >= 4 is 0 Å². The summed E-state index contributed by atoms with van der Waals surface area (Å²) >= 11 is 0. The molecule has 1 aromatic carbocycles. The van der Waals surface area contributed by atoms with Gasteiger partial charge in [0, 0.05) is 16.9 Å². The topological polar surface area (TPSA) is 67.2 Å². The summed E-state index contributed by atoms with van der Waals surface area (Å²) in [5, 5.41) is 3.52. The predicted molar refractivity (Wildman–Crippen MR) is 59.7 cm³/mol. The van der Waals surface area contributed by atoms with E-state index in [1.165, 1.54) is 0 Å². The third-order valence-corrected chi connectivity index (χ3v) is 2.43. The van der Waals surface area contributed by atoms with Gasteiger partial charge in [-0.05, 0) is 30.7 Å². The minimum atomic E-state index is -0.0391.